The van der Waals surface area contributed by atoms with E-state index in [1.54, 1.807) is 6.92 Å². The number of ether oxygens (including phenoxy) is 2. The Labute approximate surface area is 191 Å². The van der Waals surface area contributed by atoms with Crippen molar-refractivity contribution in [3.05, 3.63) is 94.9 Å². The van der Waals surface area contributed by atoms with Crippen LogP contribution in [0, 0.1) is 5.92 Å². The lowest BCUT2D eigenvalue weighted by Gasteiger charge is -2.24. The molecule has 4 heteroatoms. The van der Waals surface area contributed by atoms with Crippen LogP contribution in [0.1, 0.15) is 52.4 Å². The predicted molar refractivity (Wildman–Crippen MR) is 127 cm³/mol. The Hall–Kier alpha value is -3.14. The van der Waals surface area contributed by atoms with Crippen LogP contribution in [0.4, 0.5) is 0 Å². The van der Waals surface area contributed by atoms with E-state index in [-0.39, 0.29) is 17.9 Å². The number of hydrogen-bond acceptors (Lipinski definition) is 4. The summed E-state index contributed by atoms with van der Waals surface area (Å²) in [5.74, 6) is 0.196. The van der Waals surface area contributed by atoms with Crippen molar-refractivity contribution in [3.8, 4) is 0 Å². The summed E-state index contributed by atoms with van der Waals surface area (Å²) < 4.78 is 10.5. The molecule has 3 aliphatic rings. The molecule has 0 radical (unpaired) electrons. The SMILES string of the molecule is C=CC(=O)OCC(C)C1=CC=C(C2=CC=C(C3=CC=C(OC(=O)C(=C)C)CC3)CC2)CC1. The predicted octanol–water partition coefficient (Wildman–Crippen LogP) is 6.37. The molecule has 1 unspecified atom stereocenters. The number of carbonyl (C=O) groups excluding carboxylic acids is 2. The third-order valence-corrected chi connectivity index (χ3v) is 6.11. The molecule has 0 aliphatic heterocycles. The summed E-state index contributed by atoms with van der Waals surface area (Å²) in [6.45, 7) is 11.2. The van der Waals surface area contributed by atoms with Gasteiger partial charge in [-0.2, -0.15) is 0 Å². The first-order valence-corrected chi connectivity index (χ1v) is 11.2. The van der Waals surface area contributed by atoms with E-state index in [9.17, 15) is 9.59 Å². The molecule has 0 amide bonds. The molecule has 0 saturated carbocycles. The molecule has 0 aromatic carbocycles. The molecule has 4 nitrogen and oxygen atoms in total. The average molecular weight is 433 g/mol. The fourth-order valence-electron chi connectivity index (χ4n) is 4.05. The maximum absolute atomic E-state index is 11.7. The Balaban J connectivity index is 1.60. The smallest absolute Gasteiger partial charge is 0.338 e. The van der Waals surface area contributed by atoms with Crippen molar-refractivity contribution in [2.75, 3.05) is 6.61 Å². The number of hydrogen-bond donors (Lipinski definition) is 0. The molecule has 0 N–H and O–H groups in total. The molecule has 0 saturated heterocycles. The zero-order valence-corrected chi connectivity index (χ0v) is 19.1. The quantitative estimate of drug-likeness (QED) is 0.330. The summed E-state index contributed by atoms with van der Waals surface area (Å²) in [7, 11) is 0. The van der Waals surface area contributed by atoms with Crippen molar-refractivity contribution >= 4 is 11.9 Å². The van der Waals surface area contributed by atoms with Gasteiger partial charge in [-0.15, -0.1) is 0 Å². The highest BCUT2D eigenvalue weighted by atomic mass is 16.5. The zero-order chi connectivity index (χ0) is 23.1. The first kappa shape index (κ1) is 23.5. The summed E-state index contributed by atoms with van der Waals surface area (Å²) in [6.07, 6.45) is 19.8. The lowest BCUT2D eigenvalue weighted by molar-refractivity contribution is -0.138. The zero-order valence-electron chi connectivity index (χ0n) is 19.1. The fourth-order valence-corrected chi connectivity index (χ4v) is 4.05. The van der Waals surface area contributed by atoms with E-state index < -0.39 is 0 Å². The van der Waals surface area contributed by atoms with Crippen LogP contribution in [0.5, 0.6) is 0 Å². The van der Waals surface area contributed by atoms with Gasteiger partial charge in [0.2, 0.25) is 0 Å². The lowest BCUT2D eigenvalue weighted by atomic mass is 9.83. The topological polar surface area (TPSA) is 52.6 Å². The van der Waals surface area contributed by atoms with Crippen LogP contribution in [0.25, 0.3) is 0 Å². The van der Waals surface area contributed by atoms with Crippen LogP contribution in [-0.4, -0.2) is 18.5 Å². The van der Waals surface area contributed by atoms with E-state index >= 15 is 0 Å². The molecule has 0 heterocycles. The number of esters is 2. The number of rotatable bonds is 8. The molecule has 168 valence electrons. The van der Waals surface area contributed by atoms with Gasteiger partial charge in [0.05, 0.1) is 6.61 Å². The highest BCUT2D eigenvalue weighted by molar-refractivity contribution is 5.87. The summed E-state index contributed by atoms with van der Waals surface area (Å²) in [4.78, 5) is 22.9. The molecule has 3 rings (SSSR count). The first-order chi connectivity index (χ1) is 15.4. The van der Waals surface area contributed by atoms with Crippen molar-refractivity contribution < 1.29 is 19.1 Å². The van der Waals surface area contributed by atoms with Crippen LogP contribution in [0.2, 0.25) is 0 Å². The molecule has 1 atom stereocenters. The van der Waals surface area contributed by atoms with Gasteiger partial charge in [-0.3, -0.25) is 0 Å². The van der Waals surface area contributed by atoms with Gasteiger partial charge in [0, 0.05) is 24.0 Å². The third kappa shape index (κ3) is 6.19. The van der Waals surface area contributed by atoms with Crippen molar-refractivity contribution in [2.45, 2.75) is 52.4 Å². The molecule has 0 fully saturated rings. The Kier molecular flexibility index (Phi) is 8.04. The molecular formula is C28H32O4. The molecular weight excluding hydrogens is 400 g/mol. The summed E-state index contributed by atoms with van der Waals surface area (Å²) >= 11 is 0. The molecule has 0 aromatic rings. The minimum Gasteiger partial charge on any atom is -0.462 e. The van der Waals surface area contributed by atoms with E-state index in [1.165, 1.54) is 33.9 Å². The van der Waals surface area contributed by atoms with Crippen LogP contribution in [-0.2, 0) is 19.1 Å². The number of allylic oxidation sites excluding steroid dienone is 11. The van der Waals surface area contributed by atoms with Gasteiger partial charge in [-0.25, -0.2) is 9.59 Å². The van der Waals surface area contributed by atoms with Crippen molar-refractivity contribution in [3.63, 3.8) is 0 Å². The minimum atomic E-state index is -0.368. The summed E-state index contributed by atoms with van der Waals surface area (Å²) in [5, 5.41) is 0. The fraction of sp³-hybridized carbons (Fsp3) is 0.357. The normalized spacial score (nSPS) is 19.2. The molecule has 0 aromatic heterocycles. The number of carbonyl (C=O) groups is 2. The maximum Gasteiger partial charge on any atom is 0.338 e. The standard InChI is InChI=1S/C28H32O4/c1-5-27(29)31-18-20(4)21-6-8-22(9-7-21)23-10-12-24(13-11-23)25-14-16-26(17-15-25)32-28(30)19(2)3/h5-6,8,10,12,14,16,20H,1-2,7,9,11,13,15,17-18H2,3-4H3. The summed E-state index contributed by atoms with van der Waals surface area (Å²) in [5.41, 5.74) is 7.21. The van der Waals surface area contributed by atoms with E-state index in [0.717, 1.165) is 38.5 Å². The van der Waals surface area contributed by atoms with Gasteiger partial charge < -0.3 is 9.47 Å². The largest absolute Gasteiger partial charge is 0.462 e. The minimum absolute atomic E-state index is 0.217. The molecule has 0 bridgehead atoms. The van der Waals surface area contributed by atoms with Gasteiger partial charge in [-0.1, -0.05) is 56.0 Å². The van der Waals surface area contributed by atoms with E-state index in [2.05, 4.69) is 50.5 Å². The molecule has 3 aliphatic carbocycles. The summed E-state index contributed by atoms with van der Waals surface area (Å²) in [6, 6.07) is 0. The Morgan fingerprint density at radius 1 is 0.906 bits per heavy atom. The van der Waals surface area contributed by atoms with E-state index in [0.29, 0.717) is 17.9 Å². The van der Waals surface area contributed by atoms with Crippen LogP contribution < -0.4 is 0 Å². The molecule has 32 heavy (non-hydrogen) atoms. The first-order valence-electron chi connectivity index (χ1n) is 11.2. The Bertz CT molecular complexity index is 994. The van der Waals surface area contributed by atoms with Gasteiger partial charge in [0.15, 0.2) is 0 Å². The second-order valence-electron chi connectivity index (χ2n) is 8.55. The van der Waals surface area contributed by atoms with Crippen LogP contribution >= 0.6 is 0 Å². The Morgan fingerprint density at radius 2 is 1.44 bits per heavy atom. The van der Waals surface area contributed by atoms with E-state index in [4.69, 9.17) is 9.47 Å². The average Bonchev–Trinajstić information content (AvgIpc) is 2.83. The Morgan fingerprint density at radius 3 is 1.88 bits per heavy atom. The van der Waals surface area contributed by atoms with Gasteiger partial charge in [0.1, 0.15) is 5.76 Å². The third-order valence-electron chi connectivity index (χ3n) is 6.11. The van der Waals surface area contributed by atoms with Crippen molar-refractivity contribution in [2.24, 2.45) is 5.92 Å². The van der Waals surface area contributed by atoms with Crippen molar-refractivity contribution in [1.82, 2.24) is 0 Å². The van der Waals surface area contributed by atoms with Gasteiger partial charge in [-0.05, 0) is 67.4 Å². The highest BCUT2D eigenvalue weighted by Gasteiger charge is 2.19. The van der Waals surface area contributed by atoms with E-state index in [1.807, 2.05) is 6.08 Å². The lowest BCUT2D eigenvalue weighted by Crippen LogP contribution is -2.13. The van der Waals surface area contributed by atoms with Crippen LogP contribution in [0.15, 0.2) is 94.9 Å². The van der Waals surface area contributed by atoms with Crippen molar-refractivity contribution in [1.29, 1.82) is 0 Å². The second-order valence-corrected chi connectivity index (χ2v) is 8.55. The monoisotopic (exact) mass is 432 g/mol. The maximum atomic E-state index is 11.7. The highest BCUT2D eigenvalue weighted by Crippen LogP contribution is 2.36. The molecule has 0 spiro atoms. The second kappa shape index (κ2) is 10.9. The van der Waals surface area contributed by atoms with Gasteiger partial charge in [0.25, 0.3) is 0 Å². The van der Waals surface area contributed by atoms with Gasteiger partial charge >= 0.3 is 11.9 Å². The van der Waals surface area contributed by atoms with Crippen LogP contribution in [0.3, 0.4) is 0 Å².